The molecule has 0 spiro atoms. The number of hydrazine groups is 1. The van der Waals surface area contributed by atoms with E-state index in [2.05, 4.69) is 38.9 Å². The summed E-state index contributed by atoms with van der Waals surface area (Å²) in [6.45, 7) is 0. The minimum Gasteiger partial charge on any atom is -0.508 e. The molecule has 0 radical (unpaired) electrons. The fourth-order valence-electron chi connectivity index (χ4n) is 2.46. The SMILES string of the molecule is Oc1ccccc1C1CC(c2ccc(Br)cc2)NN1. The maximum atomic E-state index is 9.89. The number of hydrogen-bond donors (Lipinski definition) is 3. The van der Waals surface area contributed by atoms with E-state index in [1.54, 1.807) is 6.07 Å². The lowest BCUT2D eigenvalue weighted by Gasteiger charge is -2.11. The molecule has 19 heavy (non-hydrogen) atoms. The van der Waals surface area contributed by atoms with Gasteiger partial charge < -0.3 is 5.11 Å². The number of rotatable bonds is 2. The zero-order chi connectivity index (χ0) is 13.2. The average Bonchev–Trinajstić information content (AvgIpc) is 2.89. The molecule has 4 heteroatoms. The molecule has 2 unspecified atom stereocenters. The van der Waals surface area contributed by atoms with E-state index in [1.807, 2.05) is 30.3 Å². The van der Waals surface area contributed by atoms with Crippen molar-refractivity contribution in [2.75, 3.05) is 0 Å². The van der Waals surface area contributed by atoms with Gasteiger partial charge in [-0.15, -0.1) is 0 Å². The van der Waals surface area contributed by atoms with E-state index in [-0.39, 0.29) is 12.1 Å². The van der Waals surface area contributed by atoms with Crippen LogP contribution in [0.3, 0.4) is 0 Å². The van der Waals surface area contributed by atoms with E-state index in [1.165, 1.54) is 5.56 Å². The number of aromatic hydroxyl groups is 1. The van der Waals surface area contributed by atoms with Crippen molar-refractivity contribution < 1.29 is 5.11 Å². The average molecular weight is 319 g/mol. The van der Waals surface area contributed by atoms with Gasteiger partial charge in [0.1, 0.15) is 5.75 Å². The highest BCUT2D eigenvalue weighted by atomic mass is 79.9. The minimum atomic E-state index is 0.134. The zero-order valence-electron chi connectivity index (χ0n) is 10.3. The highest BCUT2D eigenvalue weighted by Crippen LogP contribution is 2.34. The number of hydrogen-bond acceptors (Lipinski definition) is 3. The van der Waals surface area contributed by atoms with Crippen molar-refractivity contribution in [1.82, 2.24) is 10.9 Å². The standard InChI is InChI=1S/C15H15BrN2O/c16-11-7-5-10(6-8-11)13-9-14(18-17-13)12-3-1-2-4-15(12)19/h1-8,13-14,17-19H,9H2. The molecule has 2 aromatic carbocycles. The maximum Gasteiger partial charge on any atom is 0.120 e. The van der Waals surface area contributed by atoms with Gasteiger partial charge in [0.2, 0.25) is 0 Å². The van der Waals surface area contributed by atoms with Gasteiger partial charge in [0.15, 0.2) is 0 Å². The second-order valence-corrected chi connectivity index (χ2v) is 5.66. The Kier molecular flexibility index (Phi) is 3.55. The van der Waals surface area contributed by atoms with Crippen LogP contribution in [0.25, 0.3) is 0 Å². The predicted molar refractivity (Wildman–Crippen MR) is 78.6 cm³/mol. The third-order valence-corrected chi connectivity index (χ3v) is 4.02. The Balaban J connectivity index is 1.77. The normalized spacial score (nSPS) is 22.6. The van der Waals surface area contributed by atoms with Crippen molar-refractivity contribution >= 4 is 15.9 Å². The molecular weight excluding hydrogens is 304 g/mol. The second-order valence-electron chi connectivity index (χ2n) is 4.74. The van der Waals surface area contributed by atoms with E-state index in [4.69, 9.17) is 0 Å². The van der Waals surface area contributed by atoms with Crippen LogP contribution in [0.2, 0.25) is 0 Å². The van der Waals surface area contributed by atoms with Crippen LogP contribution in [-0.2, 0) is 0 Å². The molecule has 3 rings (SSSR count). The minimum absolute atomic E-state index is 0.134. The molecule has 3 nitrogen and oxygen atoms in total. The summed E-state index contributed by atoms with van der Waals surface area (Å²) in [5, 5.41) is 9.89. The summed E-state index contributed by atoms with van der Waals surface area (Å²) >= 11 is 3.44. The van der Waals surface area contributed by atoms with Crippen LogP contribution in [0, 0.1) is 0 Å². The highest BCUT2D eigenvalue weighted by molar-refractivity contribution is 9.10. The molecule has 0 bridgehead atoms. The lowest BCUT2D eigenvalue weighted by atomic mass is 9.97. The quantitative estimate of drug-likeness (QED) is 0.794. The number of nitrogens with one attached hydrogen (secondary N) is 2. The number of para-hydroxylation sites is 1. The lowest BCUT2D eigenvalue weighted by Crippen LogP contribution is -2.26. The van der Waals surface area contributed by atoms with Gasteiger partial charge in [-0.25, -0.2) is 10.9 Å². The fourth-order valence-corrected chi connectivity index (χ4v) is 2.72. The monoisotopic (exact) mass is 318 g/mol. The Morgan fingerprint density at radius 1 is 0.947 bits per heavy atom. The third kappa shape index (κ3) is 2.66. The van der Waals surface area contributed by atoms with Crippen LogP contribution in [0.5, 0.6) is 5.75 Å². The summed E-state index contributed by atoms with van der Waals surface area (Å²) in [6, 6.07) is 16.2. The first-order chi connectivity index (χ1) is 9.24. The molecular formula is C15H15BrN2O. The first-order valence-electron chi connectivity index (χ1n) is 6.28. The lowest BCUT2D eigenvalue weighted by molar-refractivity contribution is 0.453. The highest BCUT2D eigenvalue weighted by Gasteiger charge is 2.27. The molecule has 1 aliphatic rings. The van der Waals surface area contributed by atoms with Crippen LogP contribution < -0.4 is 10.9 Å². The first-order valence-corrected chi connectivity index (χ1v) is 7.08. The van der Waals surface area contributed by atoms with Crippen molar-refractivity contribution in [1.29, 1.82) is 0 Å². The largest absolute Gasteiger partial charge is 0.508 e. The molecule has 0 amide bonds. The summed E-state index contributed by atoms with van der Waals surface area (Å²) in [5.74, 6) is 0.346. The van der Waals surface area contributed by atoms with Gasteiger partial charge in [-0.2, -0.15) is 0 Å². The predicted octanol–water partition coefficient (Wildman–Crippen LogP) is 3.44. The number of halogens is 1. The van der Waals surface area contributed by atoms with Crippen LogP contribution in [0.15, 0.2) is 53.0 Å². The summed E-state index contributed by atoms with van der Waals surface area (Å²) in [4.78, 5) is 0. The molecule has 98 valence electrons. The molecule has 1 heterocycles. The van der Waals surface area contributed by atoms with Crippen molar-refractivity contribution in [2.24, 2.45) is 0 Å². The van der Waals surface area contributed by atoms with Gasteiger partial charge in [0, 0.05) is 16.1 Å². The van der Waals surface area contributed by atoms with Crippen LogP contribution in [-0.4, -0.2) is 5.11 Å². The molecule has 0 saturated carbocycles. The molecule has 0 aromatic heterocycles. The van der Waals surface area contributed by atoms with Crippen LogP contribution in [0.4, 0.5) is 0 Å². The van der Waals surface area contributed by atoms with Crippen molar-refractivity contribution in [3.05, 3.63) is 64.1 Å². The molecule has 2 aromatic rings. The van der Waals surface area contributed by atoms with Crippen molar-refractivity contribution in [3.63, 3.8) is 0 Å². The number of benzene rings is 2. The van der Waals surface area contributed by atoms with Gasteiger partial charge in [-0.1, -0.05) is 46.3 Å². The smallest absolute Gasteiger partial charge is 0.120 e. The van der Waals surface area contributed by atoms with Crippen molar-refractivity contribution in [3.8, 4) is 5.75 Å². The Bertz CT molecular complexity index is 571. The Hall–Kier alpha value is -1.36. The van der Waals surface area contributed by atoms with Gasteiger partial charge in [0.05, 0.1) is 6.04 Å². The van der Waals surface area contributed by atoms with E-state index in [0.717, 1.165) is 16.5 Å². The second kappa shape index (κ2) is 5.33. The summed E-state index contributed by atoms with van der Waals surface area (Å²) < 4.78 is 1.08. The third-order valence-electron chi connectivity index (χ3n) is 3.49. The molecule has 0 aliphatic carbocycles. The van der Waals surface area contributed by atoms with Gasteiger partial charge in [0.25, 0.3) is 0 Å². The number of phenolic OH excluding ortho intramolecular Hbond substituents is 1. The summed E-state index contributed by atoms with van der Waals surface area (Å²) in [7, 11) is 0. The number of phenols is 1. The van der Waals surface area contributed by atoms with E-state index < -0.39 is 0 Å². The van der Waals surface area contributed by atoms with Crippen LogP contribution >= 0.6 is 15.9 Å². The maximum absolute atomic E-state index is 9.89. The van der Waals surface area contributed by atoms with E-state index in [9.17, 15) is 5.11 Å². The molecule has 3 N–H and O–H groups in total. The molecule has 1 saturated heterocycles. The van der Waals surface area contributed by atoms with E-state index >= 15 is 0 Å². The summed E-state index contributed by atoms with van der Waals surface area (Å²) in [6.07, 6.45) is 0.916. The zero-order valence-corrected chi connectivity index (χ0v) is 11.9. The van der Waals surface area contributed by atoms with Crippen LogP contribution in [0.1, 0.15) is 29.6 Å². The topological polar surface area (TPSA) is 44.3 Å². The fraction of sp³-hybridized carbons (Fsp3) is 0.200. The van der Waals surface area contributed by atoms with Gasteiger partial charge in [-0.05, 0) is 30.2 Å². The van der Waals surface area contributed by atoms with Gasteiger partial charge in [-0.3, -0.25) is 0 Å². The van der Waals surface area contributed by atoms with E-state index in [0.29, 0.717) is 5.75 Å². The Labute approximate surface area is 120 Å². The Morgan fingerprint density at radius 3 is 2.37 bits per heavy atom. The van der Waals surface area contributed by atoms with Gasteiger partial charge >= 0.3 is 0 Å². The summed E-state index contributed by atoms with van der Waals surface area (Å²) in [5.41, 5.74) is 8.73. The van der Waals surface area contributed by atoms with Crippen molar-refractivity contribution in [2.45, 2.75) is 18.5 Å². The molecule has 2 atom stereocenters. The Morgan fingerprint density at radius 2 is 1.63 bits per heavy atom. The first kappa shape index (κ1) is 12.7. The molecule has 1 fully saturated rings. The molecule has 1 aliphatic heterocycles.